The van der Waals surface area contributed by atoms with E-state index in [-0.39, 0.29) is 23.2 Å². The Hall–Kier alpha value is -1.05. The molecule has 0 aromatic rings. The number of rotatable bonds is 11. The van der Waals surface area contributed by atoms with Crippen LogP contribution >= 0.6 is 11.8 Å². The summed E-state index contributed by atoms with van der Waals surface area (Å²) in [5.41, 5.74) is -0.314. The fourth-order valence-corrected chi connectivity index (χ4v) is 4.62. The van der Waals surface area contributed by atoms with Crippen LogP contribution in [0.4, 0.5) is 0 Å². The minimum Gasteiger partial charge on any atom is -0.392 e. The molecular weight excluding hydrogens is 330 g/mol. The van der Waals surface area contributed by atoms with Crippen molar-refractivity contribution < 1.29 is 9.90 Å². The standard InChI is InChI=1S/C21H33NO2S/c1-4-5-14-21(2,3)20(24)13-12-17-18(23)16-25-19(17)11-9-7-6-8-10-15-22/h8,10,12-13,17-19,23H,4-7,9,11,14,16H2,1-3H3/t17-,18-,19+/m0/s1. The highest BCUT2D eigenvalue weighted by atomic mass is 32.2. The molecule has 0 unspecified atom stereocenters. The topological polar surface area (TPSA) is 61.1 Å². The number of hydrogen-bond acceptors (Lipinski definition) is 4. The lowest BCUT2D eigenvalue weighted by molar-refractivity contribution is -0.122. The highest BCUT2D eigenvalue weighted by Gasteiger charge is 2.34. The fourth-order valence-electron chi connectivity index (χ4n) is 3.13. The highest BCUT2D eigenvalue weighted by Crippen LogP contribution is 2.37. The Morgan fingerprint density at radius 1 is 1.36 bits per heavy atom. The summed E-state index contributed by atoms with van der Waals surface area (Å²) in [7, 11) is 0. The molecular formula is C21H33NO2S. The number of aliphatic hydroxyl groups is 1. The summed E-state index contributed by atoms with van der Waals surface area (Å²) in [6, 6.07) is 2.01. The van der Waals surface area contributed by atoms with Crippen LogP contribution < -0.4 is 0 Å². The average Bonchev–Trinajstić information content (AvgIpc) is 2.93. The zero-order valence-corrected chi connectivity index (χ0v) is 16.7. The molecule has 3 atom stereocenters. The predicted molar refractivity (Wildman–Crippen MR) is 106 cm³/mol. The smallest absolute Gasteiger partial charge is 0.160 e. The van der Waals surface area contributed by atoms with Gasteiger partial charge in [-0.25, -0.2) is 0 Å². The normalized spacial score (nSPS) is 24.2. The molecule has 0 radical (unpaired) electrons. The van der Waals surface area contributed by atoms with Gasteiger partial charge in [0.15, 0.2) is 5.78 Å². The van der Waals surface area contributed by atoms with Gasteiger partial charge in [0.05, 0.1) is 12.2 Å². The fraction of sp³-hybridized carbons (Fsp3) is 0.714. The van der Waals surface area contributed by atoms with E-state index >= 15 is 0 Å². The second kappa shape index (κ2) is 11.5. The molecule has 0 aromatic heterocycles. The van der Waals surface area contributed by atoms with Crippen molar-refractivity contribution in [1.29, 1.82) is 5.26 Å². The summed E-state index contributed by atoms with van der Waals surface area (Å²) in [6.07, 6.45) is 14.0. The second-order valence-corrected chi connectivity index (χ2v) is 8.82. The molecule has 0 saturated carbocycles. The van der Waals surface area contributed by atoms with Gasteiger partial charge in [0.2, 0.25) is 0 Å². The largest absolute Gasteiger partial charge is 0.392 e. The first-order chi connectivity index (χ1) is 11.9. The van der Waals surface area contributed by atoms with E-state index in [4.69, 9.17) is 5.26 Å². The van der Waals surface area contributed by atoms with E-state index in [1.807, 2.05) is 43.8 Å². The van der Waals surface area contributed by atoms with Gasteiger partial charge < -0.3 is 5.11 Å². The molecule has 0 aromatic carbocycles. The monoisotopic (exact) mass is 363 g/mol. The lowest BCUT2D eigenvalue weighted by Gasteiger charge is -2.22. The van der Waals surface area contributed by atoms with Gasteiger partial charge >= 0.3 is 0 Å². The maximum atomic E-state index is 12.5. The summed E-state index contributed by atoms with van der Waals surface area (Å²) in [4.78, 5) is 12.5. The Kier molecular flexibility index (Phi) is 10.2. The van der Waals surface area contributed by atoms with E-state index in [1.165, 1.54) is 6.08 Å². The summed E-state index contributed by atoms with van der Waals surface area (Å²) in [6.45, 7) is 6.17. The van der Waals surface area contributed by atoms with E-state index in [2.05, 4.69) is 6.92 Å². The van der Waals surface area contributed by atoms with Crippen LogP contribution in [0.1, 0.15) is 65.7 Å². The Bertz CT molecular complexity index is 505. The minimum atomic E-state index is -0.351. The molecule has 1 heterocycles. The third-order valence-electron chi connectivity index (χ3n) is 4.95. The summed E-state index contributed by atoms with van der Waals surface area (Å²) in [5, 5.41) is 19.1. The van der Waals surface area contributed by atoms with Crippen molar-refractivity contribution in [2.45, 2.75) is 77.1 Å². The number of allylic oxidation sites excluding steroid dienone is 3. The van der Waals surface area contributed by atoms with Crippen molar-refractivity contribution in [3.8, 4) is 6.07 Å². The zero-order chi connectivity index (χ0) is 18.7. The van der Waals surface area contributed by atoms with Crippen LogP contribution in [0.15, 0.2) is 24.3 Å². The number of thioether (sulfide) groups is 1. The Morgan fingerprint density at radius 3 is 2.80 bits per heavy atom. The number of nitriles is 1. The van der Waals surface area contributed by atoms with Crippen molar-refractivity contribution >= 4 is 17.5 Å². The number of aliphatic hydroxyl groups excluding tert-OH is 1. The number of carbonyl (C=O) groups excluding carboxylic acids is 1. The Balaban J connectivity index is 2.51. The molecule has 1 rings (SSSR count). The molecule has 0 amide bonds. The zero-order valence-electron chi connectivity index (χ0n) is 15.9. The van der Waals surface area contributed by atoms with Crippen LogP contribution in [0.2, 0.25) is 0 Å². The van der Waals surface area contributed by atoms with Gasteiger partial charge in [0.25, 0.3) is 0 Å². The first-order valence-electron chi connectivity index (χ1n) is 9.49. The SMILES string of the molecule is CCCCC(C)(C)C(=O)C=C[C@H]1[C@@H](O)CS[C@@H]1CCCCC=CC#N. The van der Waals surface area contributed by atoms with Gasteiger partial charge in [-0.2, -0.15) is 17.0 Å². The first-order valence-corrected chi connectivity index (χ1v) is 10.5. The van der Waals surface area contributed by atoms with Gasteiger partial charge in [-0.1, -0.05) is 52.2 Å². The quantitative estimate of drug-likeness (QED) is 0.316. The molecule has 0 bridgehead atoms. The maximum Gasteiger partial charge on any atom is 0.160 e. The molecule has 0 spiro atoms. The molecule has 1 aliphatic heterocycles. The van der Waals surface area contributed by atoms with Crippen molar-refractivity contribution in [2.75, 3.05) is 5.75 Å². The van der Waals surface area contributed by atoms with Crippen LogP contribution in [-0.4, -0.2) is 28.0 Å². The minimum absolute atomic E-state index is 0.0746. The van der Waals surface area contributed by atoms with Crippen LogP contribution in [0.25, 0.3) is 0 Å². The molecule has 1 aliphatic rings. The molecule has 1 N–H and O–H groups in total. The molecule has 4 heteroatoms. The molecule has 1 fully saturated rings. The van der Waals surface area contributed by atoms with Crippen LogP contribution in [-0.2, 0) is 4.79 Å². The van der Waals surface area contributed by atoms with E-state index in [9.17, 15) is 9.90 Å². The Labute approximate surface area is 157 Å². The van der Waals surface area contributed by atoms with Crippen LogP contribution in [0.5, 0.6) is 0 Å². The molecule has 1 saturated heterocycles. The number of hydrogen-bond donors (Lipinski definition) is 1. The number of nitrogens with zero attached hydrogens (tertiary/aromatic N) is 1. The average molecular weight is 364 g/mol. The first kappa shape index (κ1) is 22.0. The summed E-state index contributed by atoms with van der Waals surface area (Å²) < 4.78 is 0. The van der Waals surface area contributed by atoms with Gasteiger partial charge in [-0.3, -0.25) is 4.79 Å². The van der Waals surface area contributed by atoms with Gasteiger partial charge in [-0.15, -0.1) is 0 Å². The number of carbonyl (C=O) groups is 1. The van der Waals surface area contributed by atoms with Crippen molar-refractivity contribution in [1.82, 2.24) is 0 Å². The molecule has 140 valence electrons. The van der Waals surface area contributed by atoms with Gasteiger partial charge in [0.1, 0.15) is 0 Å². The lowest BCUT2D eigenvalue weighted by atomic mass is 9.82. The third kappa shape index (κ3) is 7.79. The molecule has 0 aliphatic carbocycles. The maximum absolute atomic E-state index is 12.5. The van der Waals surface area contributed by atoms with E-state index in [0.29, 0.717) is 5.25 Å². The van der Waals surface area contributed by atoms with E-state index < -0.39 is 0 Å². The van der Waals surface area contributed by atoms with E-state index in [0.717, 1.165) is 50.7 Å². The van der Waals surface area contributed by atoms with Crippen LogP contribution in [0, 0.1) is 22.7 Å². The third-order valence-corrected chi connectivity index (χ3v) is 6.46. The van der Waals surface area contributed by atoms with Crippen molar-refractivity contribution in [3.05, 3.63) is 24.3 Å². The van der Waals surface area contributed by atoms with Crippen molar-refractivity contribution in [2.24, 2.45) is 11.3 Å². The van der Waals surface area contributed by atoms with Crippen LogP contribution in [0.3, 0.4) is 0 Å². The summed E-state index contributed by atoms with van der Waals surface area (Å²) in [5.74, 6) is 0.998. The Morgan fingerprint density at radius 2 is 2.12 bits per heavy atom. The van der Waals surface area contributed by atoms with E-state index in [1.54, 1.807) is 6.08 Å². The highest BCUT2D eigenvalue weighted by molar-refractivity contribution is 8.00. The van der Waals surface area contributed by atoms with Crippen molar-refractivity contribution in [3.63, 3.8) is 0 Å². The number of unbranched alkanes of at least 4 members (excludes halogenated alkanes) is 3. The second-order valence-electron chi connectivity index (χ2n) is 7.54. The summed E-state index contributed by atoms with van der Waals surface area (Å²) >= 11 is 1.82. The number of ketones is 1. The molecule has 3 nitrogen and oxygen atoms in total. The van der Waals surface area contributed by atoms with Gasteiger partial charge in [0, 0.05) is 28.4 Å². The predicted octanol–water partition coefficient (Wildman–Crippen LogP) is 5.06. The van der Waals surface area contributed by atoms with Gasteiger partial charge in [-0.05, 0) is 31.8 Å². The molecule has 25 heavy (non-hydrogen) atoms. The lowest BCUT2D eigenvalue weighted by Crippen LogP contribution is -2.25.